The van der Waals surface area contributed by atoms with Crippen LogP contribution in [0.2, 0.25) is 0 Å². The van der Waals surface area contributed by atoms with Crippen LogP contribution in [0.4, 0.5) is 9.18 Å². The third kappa shape index (κ3) is 2.19. The van der Waals surface area contributed by atoms with Gasteiger partial charge < -0.3 is 5.32 Å². The average Bonchev–Trinajstić information content (AvgIpc) is 2.82. The minimum Gasteiger partial charge on any atom is -0.319 e. The van der Waals surface area contributed by atoms with E-state index in [1.54, 1.807) is 12.1 Å². The van der Waals surface area contributed by atoms with Crippen LogP contribution in [0.5, 0.6) is 0 Å². The smallest absolute Gasteiger partial charge is 0.319 e. The fourth-order valence-corrected chi connectivity index (χ4v) is 3.73. The van der Waals surface area contributed by atoms with E-state index in [-0.39, 0.29) is 24.3 Å². The fourth-order valence-electron chi connectivity index (χ4n) is 3.73. The van der Waals surface area contributed by atoms with Crippen molar-refractivity contribution in [3.63, 3.8) is 0 Å². The molecule has 5 heteroatoms. The van der Waals surface area contributed by atoms with Gasteiger partial charge in [0.2, 0.25) is 0 Å². The molecular formula is C19H17FN2O2. The van der Waals surface area contributed by atoms with Crippen LogP contribution in [0.25, 0.3) is 0 Å². The molecule has 0 radical (unpaired) electrons. The maximum atomic E-state index is 13.1. The lowest BCUT2D eigenvalue weighted by atomic mass is 9.76. The molecule has 1 fully saturated rings. The largest absolute Gasteiger partial charge is 0.325 e. The molecule has 1 heterocycles. The molecule has 2 aliphatic rings. The summed E-state index contributed by atoms with van der Waals surface area (Å²) >= 11 is 0. The molecule has 2 aromatic rings. The number of halogens is 1. The number of fused-ring (bicyclic) bond motifs is 2. The summed E-state index contributed by atoms with van der Waals surface area (Å²) in [5.41, 5.74) is 1.78. The lowest BCUT2D eigenvalue weighted by Crippen LogP contribution is -2.46. The molecule has 1 spiro atoms. The number of carbonyl (C=O) groups excluding carboxylic acids is 2. The lowest BCUT2D eigenvalue weighted by molar-refractivity contribution is -0.132. The summed E-state index contributed by atoms with van der Waals surface area (Å²) in [5, 5.41) is 2.92. The highest BCUT2D eigenvalue weighted by Crippen LogP contribution is 2.40. The predicted molar refractivity (Wildman–Crippen MR) is 86.5 cm³/mol. The number of nitrogens with zero attached hydrogens (tertiary/aromatic N) is 1. The van der Waals surface area contributed by atoms with Crippen LogP contribution in [0.15, 0.2) is 48.5 Å². The Balaban J connectivity index is 1.68. The normalized spacial score (nSPS) is 22.6. The maximum absolute atomic E-state index is 13.1. The van der Waals surface area contributed by atoms with Crippen LogP contribution < -0.4 is 5.32 Å². The van der Waals surface area contributed by atoms with E-state index < -0.39 is 5.54 Å². The zero-order valence-corrected chi connectivity index (χ0v) is 13.1. The lowest BCUT2D eigenvalue weighted by Gasteiger charge is -2.33. The number of carbonyl (C=O) groups is 2. The van der Waals surface area contributed by atoms with Crippen molar-refractivity contribution >= 4 is 11.9 Å². The van der Waals surface area contributed by atoms with Crippen LogP contribution in [-0.4, -0.2) is 16.8 Å². The number of benzene rings is 2. The Kier molecular flexibility index (Phi) is 3.37. The van der Waals surface area contributed by atoms with Crippen molar-refractivity contribution in [1.82, 2.24) is 10.2 Å². The van der Waals surface area contributed by atoms with Gasteiger partial charge in [0.1, 0.15) is 11.4 Å². The van der Waals surface area contributed by atoms with Gasteiger partial charge in [-0.15, -0.1) is 0 Å². The second kappa shape index (κ2) is 5.44. The minimum absolute atomic E-state index is 0.148. The maximum Gasteiger partial charge on any atom is 0.325 e. The van der Waals surface area contributed by atoms with Gasteiger partial charge in [0.25, 0.3) is 5.91 Å². The summed E-state index contributed by atoms with van der Waals surface area (Å²) in [6.07, 6.45) is 2.38. The number of urea groups is 1. The van der Waals surface area contributed by atoms with Crippen molar-refractivity contribution in [2.24, 2.45) is 0 Å². The van der Waals surface area contributed by atoms with Crippen LogP contribution in [0.3, 0.4) is 0 Å². The van der Waals surface area contributed by atoms with E-state index in [9.17, 15) is 14.0 Å². The summed E-state index contributed by atoms with van der Waals surface area (Å²) in [6.45, 7) is 0.148. The molecule has 1 saturated heterocycles. The van der Waals surface area contributed by atoms with Crippen molar-refractivity contribution in [3.05, 3.63) is 71.0 Å². The number of aryl methyl sites for hydroxylation is 1. The first kappa shape index (κ1) is 14.9. The summed E-state index contributed by atoms with van der Waals surface area (Å²) in [6, 6.07) is 13.3. The van der Waals surface area contributed by atoms with Crippen molar-refractivity contribution < 1.29 is 14.0 Å². The van der Waals surface area contributed by atoms with E-state index in [0.29, 0.717) is 6.42 Å². The summed E-state index contributed by atoms with van der Waals surface area (Å²) in [4.78, 5) is 26.8. The van der Waals surface area contributed by atoms with Gasteiger partial charge in [-0.1, -0.05) is 36.4 Å². The molecule has 3 amide bonds. The molecule has 4 nitrogen and oxygen atoms in total. The first-order valence-corrected chi connectivity index (χ1v) is 8.07. The van der Waals surface area contributed by atoms with E-state index in [1.807, 2.05) is 24.3 Å². The number of imide groups is 1. The summed E-state index contributed by atoms with van der Waals surface area (Å²) < 4.78 is 13.0. The summed E-state index contributed by atoms with van der Waals surface area (Å²) in [5.74, 6) is -0.558. The molecule has 1 aliphatic carbocycles. The Morgan fingerprint density at radius 3 is 2.62 bits per heavy atom. The van der Waals surface area contributed by atoms with Gasteiger partial charge in [0.05, 0.1) is 6.54 Å². The number of nitrogens with one attached hydrogen (secondary N) is 1. The third-order valence-electron chi connectivity index (χ3n) is 4.90. The van der Waals surface area contributed by atoms with Gasteiger partial charge >= 0.3 is 6.03 Å². The van der Waals surface area contributed by atoms with E-state index >= 15 is 0 Å². The molecule has 122 valence electrons. The highest BCUT2D eigenvalue weighted by molar-refractivity contribution is 6.07. The molecule has 0 unspecified atom stereocenters. The first-order chi connectivity index (χ1) is 11.6. The molecule has 2 aromatic carbocycles. The first-order valence-electron chi connectivity index (χ1n) is 8.07. The quantitative estimate of drug-likeness (QED) is 0.863. The number of amides is 3. The highest BCUT2D eigenvalue weighted by Gasteiger charge is 2.53. The van der Waals surface area contributed by atoms with Crippen LogP contribution in [0.1, 0.15) is 29.5 Å². The SMILES string of the molecule is O=C1N[C@]2(CCCc3ccccc32)C(=O)N1Cc1ccc(F)cc1. The van der Waals surface area contributed by atoms with Crippen LogP contribution >= 0.6 is 0 Å². The van der Waals surface area contributed by atoms with Gasteiger partial charge in [0.15, 0.2) is 0 Å². The Morgan fingerprint density at radius 2 is 1.83 bits per heavy atom. The molecule has 1 atom stereocenters. The second-order valence-corrected chi connectivity index (χ2v) is 6.36. The number of hydrogen-bond donors (Lipinski definition) is 1. The molecule has 0 bridgehead atoms. The van der Waals surface area contributed by atoms with Crippen molar-refractivity contribution in [1.29, 1.82) is 0 Å². The van der Waals surface area contributed by atoms with Gasteiger partial charge in [-0.05, 0) is 48.1 Å². The average molecular weight is 324 g/mol. The third-order valence-corrected chi connectivity index (χ3v) is 4.90. The van der Waals surface area contributed by atoms with Crippen molar-refractivity contribution in [3.8, 4) is 0 Å². The topological polar surface area (TPSA) is 49.4 Å². The molecule has 0 aromatic heterocycles. The Hall–Kier alpha value is -2.69. The van der Waals surface area contributed by atoms with Crippen LogP contribution in [-0.2, 0) is 23.3 Å². The Morgan fingerprint density at radius 1 is 1.08 bits per heavy atom. The highest BCUT2D eigenvalue weighted by atomic mass is 19.1. The van der Waals surface area contributed by atoms with E-state index in [1.165, 1.54) is 17.0 Å². The van der Waals surface area contributed by atoms with Gasteiger partial charge in [0, 0.05) is 0 Å². The molecule has 24 heavy (non-hydrogen) atoms. The summed E-state index contributed by atoms with van der Waals surface area (Å²) in [7, 11) is 0. The Labute approximate surface area is 139 Å². The standard InChI is InChI=1S/C19H17FN2O2/c20-15-9-7-13(8-10-15)12-22-17(23)19(21-18(22)24)11-3-5-14-4-1-2-6-16(14)19/h1-2,4,6-10H,3,5,11-12H2,(H,21,24)/t19-/m0/s1. The molecule has 1 N–H and O–H groups in total. The minimum atomic E-state index is -0.952. The predicted octanol–water partition coefficient (Wildman–Crippen LogP) is 3.11. The van der Waals surface area contributed by atoms with Gasteiger partial charge in [-0.3, -0.25) is 9.69 Å². The van der Waals surface area contributed by atoms with E-state index in [4.69, 9.17) is 0 Å². The monoisotopic (exact) mass is 324 g/mol. The van der Waals surface area contributed by atoms with E-state index in [0.717, 1.165) is 29.5 Å². The van der Waals surface area contributed by atoms with Gasteiger partial charge in [-0.2, -0.15) is 0 Å². The molecule has 4 rings (SSSR count). The Bertz CT molecular complexity index is 818. The van der Waals surface area contributed by atoms with Crippen molar-refractivity contribution in [2.75, 3.05) is 0 Å². The van der Waals surface area contributed by atoms with Gasteiger partial charge in [-0.25, -0.2) is 9.18 Å². The number of rotatable bonds is 2. The second-order valence-electron chi connectivity index (χ2n) is 6.36. The molecular weight excluding hydrogens is 307 g/mol. The molecule has 1 aliphatic heterocycles. The van der Waals surface area contributed by atoms with Crippen molar-refractivity contribution in [2.45, 2.75) is 31.3 Å². The number of hydrogen-bond acceptors (Lipinski definition) is 2. The zero-order valence-electron chi connectivity index (χ0n) is 13.1. The van der Waals surface area contributed by atoms with Crippen LogP contribution in [0, 0.1) is 5.82 Å². The zero-order chi connectivity index (χ0) is 16.7. The molecule has 0 saturated carbocycles. The van der Waals surface area contributed by atoms with E-state index in [2.05, 4.69) is 5.32 Å². The fraction of sp³-hybridized carbons (Fsp3) is 0.263.